The highest BCUT2D eigenvalue weighted by Gasteiger charge is 2.38. The normalized spacial score (nSPS) is 20.7. The number of ether oxygens (including phenoxy) is 2. The zero-order valence-electron chi connectivity index (χ0n) is 20.0. The molecule has 0 amide bonds. The number of hydrogen-bond acceptors (Lipinski definition) is 5. The molecule has 0 saturated heterocycles. The molecule has 0 spiro atoms. The topological polar surface area (TPSA) is 59.0 Å². The molecule has 9 heteroatoms. The number of carboxylic acid groups (broad SMARTS) is 1. The minimum absolute atomic E-state index is 0.00165. The number of benzene rings is 2. The maximum Gasteiger partial charge on any atom is 0.416 e. The Morgan fingerprint density at radius 1 is 1.16 bits per heavy atom. The molecule has 3 heterocycles. The van der Waals surface area contributed by atoms with Crippen molar-refractivity contribution in [3.05, 3.63) is 80.0 Å². The minimum Gasteiger partial charge on any atom is -0.492 e. The van der Waals surface area contributed by atoms with E-state index in [0.29, 0.717) is 43.1 Å². The van der Waals surface area contributed by atoms with E-state index in [1.807, 2.05) is 11.4 Å². The zero-order valence-corrected chi connectivity index (χ0v) is 20.8. The van der Waals surface area contributed by atoms with Gasteiger partial charge in [0, 0.05) is 42.1 Å². The van der Waals surface area contributed by atoms with Gasteiger partial charge in [0.1, 0.15) is 17.6 Å². The fourth-order valence-electron chi connectivity index (χ4n) is 5.83. The van der Waals surface area contributed by atoms with Crippen LogP contribution in [0.1, 0.15) is 63.1 Å². The van der Waals surface area contributed by atoms with Crippen LogP contribution >= 0.6 is 11.3 Å². The third-order valence-corrected chi connectivity index (χ3v) is 8.57. The summed E-state index contributed by atoms with van der Waals surface area (Å²) in [6.45, 7) is 1.98. The first-order valence-electron chi connectivity index (χ1n) is 12.4. The van der Waals surface area contributed by atoms with E-state index in [-0.39, 0.29) is 25.0 Å². The minimum atomic E-state index is -4.42. The van der Waals surface area contributed by atoms with Crippen LogP contribution in [-0.4, -0.2) is 29.1 Å². The third kappa shape index (κ3) is 4.70. The van der Waals surface area contributed by atoms with E-state index in [2.05, 4.69) is 11.0 Å². The van der Waals surface area contributed by atoms with Gasteiger partial charge in [-0.05, 0) is 65.1 Å². The largest absolute Gasteiger partial charge is 0.492 e. The maximum absolute atomic E-state index is 14.0. The molecular weight excluding hydrogens is 503 g/mol. The molecular formula is C28H26F3NO4S. The highest BCUT2D eigenvalue weighted by Crippen LogP contribution is 2.44. The first-order valence-corrected chi connectivity index (χ1v) is 13.3. The number of aliphatic carboxylic acids is 1. The first-order chi connectivity index (χ1) is 17.8. The molecule has 3 aromatic rings. The Balaban J connectivity index is 1.25. The fourth-order valence-corrected chi connectivity index (χ4v) is 6.80. The van der Waals surface area contributed by atoms with Gasteiger partial charge in [-0.2, -0.15) is 13.2 Å². The van der Waals surface area contributed by atoms with E-state index in [4.69, 9.17) is 14.6 Å². The van der Waals surface area contributed by atoms with Crippen LogP contribution < -0.4 is 9.47 Å². The number of carbonyl (C=O) groups is 1. The summed E-state index contributed by atoms with van der Waals surface area (Å²) >= 11 is 1.66. The molecule has 0 saturated carbocycles. The Morgan fingerprint density at radius 3 is 2.81 bits per heavy atom. The van der Waals surface area contributed by atoms with Gasteiger partial charge in [0.15, 0.2) is 0 Å². The fraction of sp³-hybridized carbons (Fsp3) is 0.393. The van der Waals surface area contributed by atoms with Gasteiger partial charge < -0.3 is 14.6 Å². The summed E-state index contributed by atoms with van der Waals surface area (Å²) in [6, 6.07) is 10.3. The molecule has 2 unspecified atom stereocenters. The number of alkyl halides is 3. The van der Waals surface area contributed by atoms with Crippen molar-refractivity contribution < 1.29 is 32.5 Å². The van der Waals surface area contributed by atoms with Crippen LogP contribution in [0.4, 0.5) is 13.2 Å². The van der Waals surface area contributed by atoms with E-state index in [0.717, 1.165) is 29.7 Å². The molecule has 0 radical (unpaired) electrons. The number of halogens is 3. The highest BCUT2D eigenvalue weighted by atomic mass is 32.1. The molecule has 5 nitrogen and oxygen atoms in total. The lowest BCUT2D eigenvalue weighted by molar-refractivity contribution is -0.139. The monoisotopic (exact) mass is 529 g/mol. The number of rotatable bonds is 6. The standard InChI is InChI=1S/C28H26F3NO4S/c29-28(30,31)23-5-3-21-20(22(23)13-32-9-7-16-8-10-37-26(16)14-32)4-6-24(21)36-18-1-2-19-17(11-27(33)34)15-35-25(19)12-18/h1-3,5,8,10,12,17,24H,4,6-7,9,11,13-15H2,(H,33,34). The predicted molar refractivity (Wildman–Crippen MR) is 132 cm³/mol. The molecule has 0 fully saturated rings. The van der Waals surface area contributed by atoms with Crippen molar-refractivity contribution in [1.82, 2.24) is 4.90 Å². The Kier molecular flexibility index (Phi) is 6.15. The van der Waals surface area contributed by atoms with Gasteiger partial charge in [-0.25, -0.2) is 0 Å². The van der Waals surface area contributed by atoms with Crippen molar-refractivity contribution in [1.29, 1.82) is 0 Å². The number of fused-ring (bicyclic) bond motifs is 3. The van der Waals surface area contributed by atoms with Crippen molar-refractivity contribution in [2.45, 2.75) is 57.0 Å². The van der Waals surface area contributed by atoms with Crippen LogP contribution in [0, 0.1) is 0 Å². The van der Waals surface area contributed by atoms with Crippen molar-refractivity contribution in [2.24, 2.45) is 0 Å². The second-order valence-electron chi connectivity index (χ2n) is 9.94. The molecule has 2 aliphatic heterocycles. The van der Waals surface area contributed by atoms with Crippen molar-refractivity contribution in [3.63, 3.8) is 0 Å². The van der Waals surface area contributed by atoms with Gasteiger partial charge in [-0.1, -0.05) is 12.1 Å². The number of hydrogen-bond donors (Lipinski definition) is 1. The summed E-state index contributed by atoms with van der Waals surface area (Å²) in [5.41, 5.74) is 3.51. The van der Waals surface area contributed by atoms with Crippen molar-refractivity contribution in [2.75, 3.05) is 13.2 Å². The Hall–Kier alpha value is -3.04. The van der Waals surface area contributed by atoms with E-state index in [1.54, 1.807) is 29.5 Å². The van der Waals surface area contributed by atoms with Gasteiger partial charge >= 0.3 is 12.1 Å². The summed E-state index contributed by atoms with van der Waals surface area (Å²) in [5, 5.41) is 11.2. The lowest BCUT2D eigenvalue weighted by Crippen LogP contribution is -2.30. The van der Waals surface area contributed by atoms with Crippen LogP contribution in [0.5, 0.6) is 11.5 Å². The molecule has 1 N–H and O–H groups in total. The SMILES string of the molecule is O=C(O)CC1COc2cc(OC3CCc4c3ccc(C(F)(F)F)c4CN3CCc4ccsc4C3)ccc21. The molecule has 3 aliphatic rings. The zero-order chi connectivity index (χ0) is 25.7. The van der Waals surface area contributed by atoms with E-state index < -0.39 is 17.7 Å². The molecule has 1 aliphatic carbocycles. The average molecular weight is 530 g/mol. The highest BCUT2D eigenvalue weighted by molar-refractivity contribution is 7.10. The van der Waals surface area contributed by atoms with Crippen LogP contribution in [0.25, 0.3) is 0 Å². The summed E-state index contributed by atoms with van der Waals surface area (Å²) in [5.74, 6) is 0.0966. The Labute approximate surface area is 216 Å². The Bertz CT molecular complexity index is 1350. The smallest absolute Gasteiger partial charge is 0.416 e. The van der Waals surface area contributed by atoms with Gasteiger partial charge in [-0.15, -0.1) is 11.3 Å². The van der Waals surface area contributed by atoms with E-state index in [9.17, 15) is 18.0 Å². The van der Waals surface area contributed by atoms with Crippen molar-refractivity contribution in [3.8, 4) is 11.5 Å². The van der Waals surface area contributed by atoms with Gasteiger partial charge in [-0.3, -0.25) is 9.69 Å². The van der Waals surface area contributed by atoms with Crippen molar-refractivity contribution >= 4 is 17.3 Å². The van der Waals surface area contributed by atoms with Gasteiger partial charge in [0.2, 0.25) is 0 Å². The molecule has 1 aromatic heterocycles. The Morgan fingerprint density at radius 2 is 2.00 bits per heavy atom. The summed E-state index contributed by atoms with van der Waals surface area (Å²) in [4.78, 5) is 14.5. The quantitative estimate of drug-likeness (QED) is 0.404. The molecule has 2 aromatic carbocycles. The lowest BCUT2D eigenvalue weighted by Gasteiger charge is -2.29. The van der Waals surface area contributed by atoms with Crippen LogP contribution in [0.3, 0.4) is 0 Å². The van der Waals surface area contributed by atoms with Crippen LogP contribution in [0.15, 0.2) is 41.8 Å². The maximum atomic E-state index is 14.0. The van der Waals surface area contributed by atoms with Gasteiger partial charge in [0.25, 0.3) is 0 Å². The lowest BCUT2D eigenvalue weighted by atomic mass is 9.95. The van der Waals surface area contributed by atoms with E-state index in [1.165, 1.54) is 16.5 Å². The number of thiophene rings is 1. The van der Waals surface area contributed by atoms with Crippen LogP contribution in [0.2, 0.25) is 0 Å². The number of carboxylic acids is 1. The number of nitrogens with zero attached hydrogens (tertiary/aromatic N) is 1. The molecule has 6 rings (SSSR count). The first kappa shape index (κ1) is 24.3. The summed E-state index contributed by atoms with van der Waals surface area (Å²) in [6.07, 6.45) is -2.79. The van der Waals surface area contributed by atoms with Gasteiger partial charge in [0.05, 0.1) is 18.6 Å². The van der Waals surface area contributed by atoms with Crippen LogP contribution in [-0.2, 0) is 36.9 Å². The average Bonchev–Trinajstić information content (AvgIpc) is 3.57. The summed E-state index contributed by atoms with van der Waals surface area (Å²) < 4.78 is 54.1. The second-order valence-corrected chi connectivity index (χ2v) is 10.9. The molecule has 0 bridgehead atoms. The predicted octanol–water partition coefficient (Wildman–Crippen LogP) is 6.34. The molecule has 37 heavy (non-hydrogen) atoms. The third-order valence-electron chi connectivity index (χ3n) is 7.62. The summed E-state index contributed by atoms with van der Waals surface area (Å²) in [7, 11) is 0. The molecule has 194 valence electrons. The second kappa shape index (κ2) is 9.36. The molecule has 2 atom stereocenters. The van der Waals surface area contributed by atoms with E-state index >= 15 is 0 Å².